The van der Waals surface area contributed by atoms with Crippen LogP contribution in [0.25, 0.3) is 11.4 Å². The van der Waals surface area contributed by atoms with Gasteiger partial charge in [0, 0.05) is 17.0 Å². The summed E-state index contributed by atoms with van der Waals surface area (Å²) in [6, 6.07) is 3.67. The summed E-state index contributed by atoms with van der Waals surface area (Å²) >= 11 is 0. The highest BCUT2D eigenvalue weighted by Crippen LogP contribution is 2.23. The van der Waals surface area contributed by atoms with Crippen LogP contribution >= 0.6 is 0 Å². The number of aromatic nitrogens is 3. The topological polar surface area (TPSA) is 77.8 Å². The van der Waals surface area contributed by atoms with E-state index in [9.17, 15) is 0 Å². The molecule has 2 N–H and O–H groups in total. The number of rotatable bonds is 4. The maximum absolute atomic E-state index is 6.09. The molecule has 0 saturated heterocycles. The van der Waals surface area contributed by atoms with Crippen LogP contribution in [0.5, 0.6) is 0 Å². The van der Waals surface area contributed by atoms with Gasteiger partial charge in [-0.2, -0.15) is 4.98 Å². The van der Waals surface area contributed by atoms with E-state index in [-0.39, 0.29) is 6.04 Å². The van der Waals surface area contributed by atoms with Crippen molar-refractivity contribution in [2.24, 2.45) is 11.7 Å². The van der Waals surface area contributed by atoms with E-state index in [1.807, 2.05) is 26.0 Å². The second-order valence-electron chi connectivity index (χ2n) is 5.01. The van der Waals surface area contributed by atoms with E-state index < -0.39 is 0 Å². The van der Waals surface area contributed by atoms with Crippen molar-refractivity contribution >= 4 is 0 Å². The molecule has 2 rings (SSSR count). The van der Waals surface area contributed by atoms with E-state index in [0.29, 0.717) is 17.6 Å². The summed E-state index contributed by atoms with van der Waals surface area (Å²) < 4.78 is 5.28. The van der Waals surface area contributed by atoms with Crippen LogP contribution in [0.3, 0.4) is 0 Å². The van der Waals surface area contributed by atoms with Crippen molar-refractivity contribution in [2.75, 3.05) is 0 Å². The minimum absolute atomic E-state index is 0.213. The molecule has 0 spiro atoms. The highest BCUT2D eigenvalue weighted by molar-refractivity contribution is 5.55. The van der Waals surface area contributed by atoms with Gasteiger partial charge in [-0.15, -0.1) is 0 Å². The Morgan fingerprint density at radius 2 is 1.84 bits per heavy atom. The van der Waals surface area contributed by atoms with Crippen LogP contribution in [-0.4, -0.2) is 15.1 Å². The lowest BCUT2D eigenvalue weighted by Gasteiger charge is -2.12. The molecule has 2 aromatic heterocycles. The van der Waals surface area contributed by atoms with Gasteiger partial charge in [0.25, 0.3) is 0 Å². The first-order valence-electron chi connectivity index (χ1n) is 6.56. The van der Waals surface area contributed by atoms with Crippen LogP contribution in [0.1, 0.15) is 43.6 Å². The summed E-state index contributed by atoms with van der Waals surface area (Å²) in [5.74, 6) is 1.38. The zero-order valence-corrected chi connectivity index (χ0v) is 11.8. The summed E-state index contributed by atoms with van der Waals surface area (Å²) in [4.78, 5) is 8.73. The number of hydrogen-bond acceptors (Lipinski definition) is 5. The molecule has 0 saturated carbocycles. The number of aryl methyl sites for hydroxylation is 2. The van der Waals surface area contributed by atoms with Crippen LogP contribution in [0.4, 0.5) is 0 Å². The second kappa shape index (κ2) is 5.48. The Bertz CT molecular complexity index is 544. The fourth-order valence-electron chi connectivity index (χ4n) is 1.95. The Labute approximate surface area is 113 Å². The maximum atomic E-state index is 6.09. The summed E-state index contributed by atoms with van der Waals surface area (Å²) in [5.41, 5.74) is 8.88. The van der Waals surface area contributed by atoms with E-state index in [1.54, 1.807) is 0 Å². The highest BCUT2D eigenvalue weighted by Gasteiger charge is 2.20. The van der Waals surface area contributed by atoms with Gasteiger partial charge in [-0.05, 0) is 31.9 Å². The average molecular weight is 260 g/mol. The Hall–Kier alpha value is -1.75. The first-order chi connectivity index (χ1) is 9.01. The van der Waals surface area contributed by atoms with Gasteiger partial charge in [-0.25, -0.2) is 0 Å². The quantitative estimate of drug-likeness (QED) is 0.914. The molecule has 2 atom stereocenters. The lowest BCUT2D eigenvalue weighted by molar-refractivity contribution is 0.312. The van der Waals surface area contributed by atoms with Crippen molar-refractivity contribution < 1.29 is 4.52 Å². The molecule has 0 aliphatic rings. The molecule has 0 aliphatic heterocycles. The van der Waals surface area contributed by atoms with Crippen molar-refractivity contribution in [3.8, 4) is 11.4 Å². The summed E-state index contributed by atoms with van der Waals surface area (Å²) in [6.07, 6.45) is 0.979. The van der Waals surface area contributed by atoms with Gasteiger partial charge in [0.15, 0.2) is 0 Å². The number of nitrogens with two attached hydrogens (primary N) is 1. The molecule has 2 unspecified atom stereocenters. The molecule has 0 radical (unpaired) electrons. The number of hydrogen-bond donors (Lipinski definition) is 1. The predicted octanol–water partition coefficient (Wildman–Crippen LogP) is 2.79. The first kappa shape index (κ1) is 13.7. The monoisotopic (exact) mass is 260 g/mol. The van der Waals surface area contributed by atoms with Gasteiger partial charge < -0.3 is 10.3 Å². The van der Waals surface area contributed by atoms with Gasteiger partial charge in [-0.1, -0.05) is 25.4 Å². The van der Waals surface area contributed by atoms with E-state index in [1.165, 1.54) is 0 Å². The van der Waals surface area contributed by atoms with E-state index >= 15 is 0 Å². The minimum atomic E-state index is -0.213. The highest BCUT2D eigenvalue weighted by atomic mass is 16.5. The maximum Gasteiger partial charge on any atom is 0.244 e. The molecule has 5 nitrogen and oxygen atoms in total. The van der Waals surface area contributed by atoms with Crippen LogP contribution in [-0.2, 0) is 0 Å². The molecule has 2 aromatic rings. The SMILES string of the molecule is CCC(C)C(N)c1nc(-c2cc(C)nc(C)c2)no1. The van der Waals surface area contributed by atoms with Gasteiger partial charge >= 0.3 is 0 Å². The standard InChI is InChI=1S/C14H20N4O/c1-5-8(2)12(15)14-17-13(18-19-14)11-6-9(3)16-10(4)7-11/h6-8,12H,5,15H2,1-4H3. The largest absolute Gasteiger partial charge is 0.337 e. The van der Waals surface area contributed by atoms with E-state index in [4.69, 9.17) is 10.3 Å². The molecule has 102 valence electrons. The van der Waals surface area contributed by atoms with Crippen LogP contribution in [0.15, 0.2) is 16.7 Å². The molecule has 0 aliphatic carbocycles. The summed E-state index contributed by atoms with van der Waals surface area (Å²) in [7, 11) is 0. The molecule has 2 heterocycles. The third-order valence-electron chi connectivity index (χ3n) is 3.32. The molecule has 0 fully saturated rings. The zero-order chi connectivity index (χ0) is 14.0. The number of pyridine rings is 1. The molecule has 19 heavy (non-hydrogen) atoms. The third kappa shape index (κ3) is 2.98. The molecule has 0 aromatic carbocycles. The summed E-state index contributed by atoms with van der Waals surface area (Å²) in [5, 5.41) is 4.01. The lowest BCUT2D eigenvalue weighted by atomic mass is 10.0. The van der Waals surface area contributed by atoms with Crippen LogP contribution in [0.2, 0.25) is 0 Å². The first-order valence-corrected chi connectivity index (χ1v) is 6.56. The molecule has 0 bridgehead atoms. The predicted molar refractivity (Wildman–Crippen MR) is 73.4 cm³/mol. The third-order valence-corrected chi connectivity index (χ3v) is 3.32. The fraction of sp³-hybridized carbons (Fsp3) is 0.500. The van der Waals surface area contributed by atoms with Gasteiger partial charge in [0.05, 0.1) is 6.04 Å². The summed E-state index contributed by atoms with van der Waals surface area (Å²) in [6.45, 7) is 8.07. The molecular weight excluding hydrogens is 240 g/mol. The zero-order valence-electron chi connectivity index (χ0n) is 11.8. The van der Waals surface area contributed by atoms with E-state index in [0.717, 1.165) is 23.4 Å². The minimum Gasteiger partial charge on any atom is -0.337 e. The van der Waals surface area contributed by atoms with Crippen molar-refractivity contribution in [1.82, 2.24) is 15.1 Å². The van der Waals surface area contributed by atoms with Crippen molar-refractivity contribution in [2.45, 2.75) is 40.2 Å². The Morgan fingerprint density at radius 3 is 2.42 bits per heavy atom. The van der Waals surface area contributed by atoms with E-state index in [2.05, 4.69) is 29.0 Å². The van der Waals surface area contributed by atoms with Crippen molar-refractivity contribution in [3.05, 3.63) is 29.4 Å². The van der Waals surface area contributed by atoms with Gasteiger partial charge in [-0.3, -0.25) is 4.98 Å². The average Bonchev–Trinajstić information content (AvgIpc) is 2.85. The Kier molecular flexibility index (Phi) is 3.95. The fourth-order valence-corrected chi connectivity index (χ4v) is 1.95. The molecule has 5 heteroatoms. The molecule has 0 amide bonds. The van der Waals surface area contributed by atoms with Crippen molar-refractivity contribution in [3.63, 3.8) is 0 Å². The normalized spacial score (nSPS) is 14.4. The molecular formula is C14H20N4O. The van der Waals surface area contributed by atoms with Crippen LogP contribution in [0, 0.1) is 19.8 Å². The van der Waals surface area contributed by atoms with Gasteiger partial charge in [0.1, 0.15) is 0 Å². The number of nitrogens with zero attached hydrogens (tertiary/aromatic N) is 3. The van der Waals surface area contributed by atoms with Crippen molar-refractivity contribution in [1.29, 1.82) is 0 Å². The second-order valence-corrected chi connectivity index (χ2v) is 5.01. The lowest BCUT2D eigenvalue weighted by Crippen LogP contribution is -2.18. The van der Waals surface area contributed by atoms with Gasteiger partial charge in [0.2, 0.25) is 11.7 Å². The smallest absolute Gasteiger partial charge is 0.244 e. The Morgan fingerprint density at radius 1 is 1.21 bits per heavy atom. The van der Waals surface area contributed by atoms with Crippen LogP contribution < -0.4 is 5.73 Å². The Balaban J connectivity index is 2.30.